The molecule has 3 rings (SSSR count). The predicted molar refractivity (Wildman–Crippen MR) is 127 cm³/mol. The van der Waals surface area contributed by atoms with Crippen LogP contribution in [0.25, 0.3) is 5.57 Å². The monoisotopic (exact) mass is 403 g/mol. The number of allylic oxidation sites excluding steroid dienone is 1. The summed E-state index contributed by atoms with van der Waals surface area (Å²) < 4.78 is 0. The molecule has 1 heterocycles. The van der Waals surface area contributed by atoms with Gasteiger partial charge < -0.3 is 4.90 Å². The highest BCUT2D eigenvalue weighted by atomic mass is 16.2. The van der Waals surface area contributed by atoms with E-state index in [9.17, 15) is 4.79 Å². The number of benzene rings is 2. The summed E-state index contributed by atoms with van der Waals surface area (Å²) in [5, 5.41) is 4.21. The second-order valence-corrected chi connectivity index (χ2v) is 8.95. The number of amides is 1. The molecule has 30 heavy (non-hydrogen) atoms. The van der Waals surface area contributed by atoms with Crippen molar-refractivity contribution in [3.63, 3.8) is 0 Å². The van der Waals surface area contributed by atoms with Crippen molar-refractivity contribution < 1.29 is 4.79 Å². The standard InChI is InChI=1S/C26H33N3O/c1-18(2)29-24-14-19(3)22(15-23(24)20(4)16-26(29,5)6)17-27-28-25(30)13-12-21-10-8-7-9-11-21/h7-11,14-18H,12-13H2,1-6H3,(H,28,30)/b27-17+. The van der Waals surface area contributed by atoms with Crippen molar-refractivity contribution in [2.24, 2.45) is 5.10 Å². The molecule has 4 heteroatoms. The molecule has 1 amide bonds. The lowest BCUT2D eigenvalue weighted by atomic mass is 9.86. The molecule has 2 aromatic carbocycles. The van der Waals surface area contributed by atoms with Gasteiger partial charge in [0.25, 0.3) is 0 Å². The Morgan fingerprint density at radius 2 is 1.87 bits per heavy atom. The Morgan fingerprint density at radius 3 is 2.53 bits per heavy atom. The van der Waals surface area contributed by atoms with E-state index in [0.29, 0.717) is 18.9 Å². The molecule has 0 spiro atoms. The summed E-state index contributed by atoms with van der Waals surface area (Å²) in [5.41, 5.74) is 9.72. The van der Waals surface area contributed by atoms with Gasteiger partial charge in [-0.05, 0) is 82.4 Å². The molecule has 0 radical (unpaired) electrons. The molecule has 2 aromatic rings. The Kier molecular flexibility index (Phi) is 6.45. The average Bonchev–Trinajstić information content (AvgIpc) is 2.67. The molecule has 0 bridgehead atoms. The lowest BCUT2D eigenvalue weighted by Crippen LogP contribution is -2.49. The second-order valence-electron chi connectivity index (χ2n) is 8.95. The molecule has 1 aliphatic heterocycles. The fraction of sp³-hybridized carbons (Fsp3) is 0.385. The highest BCUT2D eigenvalue weighted by molar-refractivity contribution is 5.90. The lowest BCUT2D eigenvalue weighted by molar-refractivity contribution is -0.121. The van der Waals surface area contributed by atoms with E-state index in [0.717, 1.165) is 16.7 Å². The van der Waals surface area contributed by atoms with Crippen LogP contribution < -0.4 is 10.3 Å². The van der Waals surface area contributed by atoms with Crippen LogP contribution in [-0.4, -0.2) is 23.7 Å². The maximum atomic E-state index is 12.1. The molecule has 0 saturated carbocycles. The first-order chi connectivity index (χ1) is 14.2. The summed E-state index contributed by atoms with van der Waals surface area (Å²) in [5.74, 6) is -0.0745. The molecular weight excluding hydrogens is 370 g/mol. The largest absolute Gasteiger partial charge is 0.360 e. The average molecular weight is 404 g/mol. The zero-order valence-corrected chi connectivity index (χ0v) is 19.0. The van der Waals surface area contributed by atoms with Crippen molar-refractivity contribution in [2.45, 2.75) is 66.0 Å². The smallest absolute Gasteiger partial charge is 0.240 e. The van der Waals surface area contributed by atoms with Crippen molar-refractivity contribution in [1.82, 2.24) is 5.43 Å². The summed E-state index contributed by atoms with van der Waals surface area (Å²) >= 11 is 0. The van der Waals surface area contributed by atoms with Crippen molar-refractivity contribution >= 4 is 23.4 Å². The number of aryl methyl sites for hydroxylation is 2. The third-order valence-corrected chi connectivity index (χ3v) is 5.65. The van der Waals surface area contributed by atoms with Gasteiger partial charge in [-0.3, -0.25) is 4.79 Å². The number of fused-ring (bicyclic) bond motifs is 1. The van der Waals surface area contributed by atoms with Gasteiger partial charge in [0.2, 0.25) is 5.91 Å². The molecule has 4 nitrogen and oxygen atoms in total. The van der Waals surface area contributed by atoms with Crippen LogP contribution in [0, 0.1) is 6.92 Å². The third kappa shape index (κ3) is 4.81. The van der Waals surface area contributed by atoms with Crippen LogP contribution in [0.1, 0.15) is 63.3 Å². The van der Waals surface area contributed by atoms with Gasteiger partial charge in [-0.25, -0.2) is 5.43 Å². The summed E-state index contributed by atoms with van der Waals surface area (Å²) in [7, 11) is 0. The Balaban J connectivity index is 1.73. The van der Waals surface area contributed by atoms with Crippen LogP contribution in [0.4, 0.5) is 5.69 Å². The van der Waals surface area contributed by atoms with Gasteiger partial charge in [-0.2, -0.15) is 5.10 Å². The molecule has 158 valence electrons. The van der Waals surface area contributed by atoms with Gasteiger partial charge in [0.1, 0.15) is 0 Å². The minimum absolute atomic E-state index is 0.0278. The minimum Gasteiger partial charge on any atom is -0.360 e. The van der Waals surface area contributed by atoms with E-state index in [1.807, 2.05) is 30.3 Å². The maximum absolute atomic E-state index is 12.1. The first kappa shape index (κ1) is 21.8. The summed E-state index contributed by atoms with van der Waals surface area (Å²) in [4.78, 5) is 14.6. The van der Waals surface area contributed by atoms with Crippen LogP contribution in [0.5, 0.6) is 0 Å². The number of carbonyl (C=O) groups is 1. The number of nitrogens with one attached hydrogen (secondary N) is 1. The van der Waals surface area contributed by atoms with Crippen LogP contribution in [0.2, 0.25) is 0 Å². The number of rotatable bonds is 6. The van der Waals surface area contributed by atoms with Crippen molar-refractivity contribution in [3.05, 3.63) is 70.8 Å². The highest BCUT2D eigenvalue weighted by Crippen LogP contribution is 2.41. The molecular formula is C26H33N3O. The molecule has 0 saturated heterocycles. The van der Waals surface area contributed by atoms with Gasteiger partial charge >= 0.3 is 0 Å². The fourth-order valence-electron chi connectivity index (χ4n) is 4.43. The van der Waals surface area contributed by atoms with E-state index in [4.69, 9.17) is 0 Å². The van der Waals surface area contributed by atoms with Crippen LogP contribution in [0.3, 0.4) is 0 Å². The van der Waals surface area contributed by atoms with E-state index in [2.05, 4.69) is 75.2 Å². The molecule has 1 aliphatic rings. The quantitative estimate of drug-likeness (QED) is 0.512. The van der Waals surface area contributed by atoms with Crippen molar-refractivity contribution in [3.8, 4) is 0 Å². The number of carbonyl (C=O) groups excluding carboxylic acids is 1. The Labute approximate surface area is 180 Å². The fourth-order valence-corrected chi connectivity index (χ4v) is 4.43. The van der Waals surface area contributed by atoms with Gasteiger partial charge in [-0.1, -0.05) is 36.4 Å². The van der Waals surface area contributed by atoms with Gasteiger partial charge in [-0.15, -0.1) is 0 Å². The Hall–Kier alpha value is -2.88. The number of anilines is 1. The molecule has 0 aromatic heterocycles. The summed E-state index contributed by atoms with van der Waals surface area (Å²) in [6.07, 6.45) is 5.22. The number of hydrogen-bond acceptors (Lipinski definition) is 3. The van der Waals surface area contributed by atoms with Crippen LogP contribution >= 0.6 is 0 Å². The van der Waals surface area contributed by atoms with Crippen molar-refractivity contribution in [1.29, 1.82) is 0 Å². The Morgan fingerprint density at radius 1 is 1.17 bits per heavy atom. The normalized spacial score (nSPS) is 15.3. The van der Waals surface area contributed by atoms with Gasteiger partial charge in [0, 0.05) is 23.7 Å². The summed E-state index contributed by atoms with van der Waals surface area (Å²) in [6.45, 7) is 13.2. The van der Waals surface area contributed by atoms with Gasteiger partial charge in [0.05, 0.1) is 11.8 Å². The highest BCUT2D eigenvalue weighted by Gasteiger charge is 2.33. The zero-order valence-electron chi connectivity index (χ0n) is 19.0. The number of hydrazone groups is 1. The molecule has 0 atom stereocenters. The predicted octanol–water partition coefficient (Wildman–Crippen LogP) is 5.49. The van der Waals surface area contributed by atoms with E-state index in [-0.39, 0.29) is 11.4 Å². The number of hydrogen-bond donors (Lipinski definition) is 1. The minimum atomic E-state index is -0.0745. The zero-order chi connectivity index (χ0) is 21.9. The van der Waals surface area contributed by atoms with Crippen LogP contribution in [-0.2, 0) is 11.2 Å². The molecule has 0 unspecified atom stereocenters. The SMILES string of the molecule is CC1=CC(C)(C)N(C(C)C)c2cc(C)c(/C=N/NC(=O)CCc3ccccc3)cc21. The summed E-state index contributed by atoms with van der Waals surface area (Å²) in [6, 6.07) is 14.8. The van der Waals surface area contributed by atoms with E-state index < -0.39 is 0 Å². The number of nitrogens with zero attached hydrogens (tertiary/aromatic N) is 2. The van der Waals surface area contributed by atoms with E-state index in [1.165, 1.54) is 16.8 Å². The first-order valence-electron chi connectivity index (χ1n) is 10.7. The maximum Gasteiger partial charge on any atom is 0.240 e. The molecule has 1 N–H and O–H groups in total. The van der Waals surface area contributed by atoms with E-state index >= 15 is 0 Å². The molecule has 0 aliphatic carbocycles. The van der Waals surface area contributed by atoms with E-state index in [1.54, 1.807) is 6.21 Å². The second kappa shape index (κ2) is 8.86. The topological polar surface area (TPSA) is 44.7 Å². The Bertz CT molecular complexity index is 971. The third-order valence-electron chi connectivity index (χ3n) is 5.65. The van der Waals surface area contributed by atoms with Crippen molar-refractivity contribution in [2.75, 3.05) is 4.90 Å². The van der Waals surface area contributed by atoms with Crippen LogP contribution in [0.15, 0.2) is 53.6 Å². The van der Waals surface area contributed by atoms with Gasteiger partial charge in [0.15, 0.2) is 0 Å². The first-order valence-corrected chi connectivity index (χ1v) is 10.7. The molecule has 0 fully saturated rings. The lowest BCUT2D eigenvalue weighted by Gasteiger charge is -2.46.